The first-order valence-electron chi connectivity index (χ1n) is 7.40. The van der Waals surface area contributed by atoms with Crippen LogP contribution in [0.2, 0.25) is 0 Å². The van der Waals surface area contributed by atoms with Gasteiger partial charge in [0.25, 0.3) is 0 Å². The van der Waals surface area contributed by atoms with Gasteiger partial charge in [0, 0.05) is 6.42 Å². The number of nitrogens with two attached hydrogens (primary N) is 1. The first-order chi connectivity index (χ1) is 10.6. The summed E-state index contributed by atoms with van der Waals surface area (Å²) in [5, 5.41) is 5.15. The van der Waals surface area contributed by atoms with Crippen LogP contribution in [0.4, 0.5) is 5.69 Å². The van der Waals surface area contributed by atoms with Crippen LogP contribution in [0.3, 0.4) is 0 Å². The maximum Gasteiger partial charge on any atom is 0.167 e. The Bertz CT molecular complexity index is 883. The third-order valence-electron chi connectivity index (χ3n) is 4.19. The molecule has 5 nitrogen and oxygen atoms in total. The number of hydrogen-bond donors (Lipinski definition) is 1. The van der Waals surface area contributed by atoms with Crippen molar-refractivity contribution in [3.63, 3.8) is 0 Å². The highest BCUT2D eigenvalue weighted by Crippen LogP contribution is 2.33. The Balaban J connectivity index is 2.00. The summed E-state index contributed by atoms with van der Waals surface area (Å²) in [7, 11) is 0. The number of carbonyl (C=O) groups is 1. The van der Waals surface area contributed by atoms with E-state index in [-0.39, 0.29) is 5.78 Å². The SMILES string of the molecule is CC1CC(=O)c2c(nc3c(cnn3-c3ccccc3)c2N)C1. The van der Waals surface area contributed by atoms with Gasteiger partial charge in [0.15, 0.2) is 11.4 Å². The number of ketones is 1. The van der Waals surface area contributed by atoms with Crippen LogP contribution >= 0.6 is 0 Å². The molecule has 3 aromatic rings. The lowest BCUT2D eigenvalue weighted by molar-refractivity contribution is 0.0953. The van der Waals surface area contributed by atoms with E-state index < -0.39 is 0 Å². The Morgan fingerprint density at radius 2 is 2.00 bits per heavy atom. The summed E-state index contributed by atoms with van der Waals surface area (Å²) in [6.45, 7) is 2.07. The van der Waals surface area contributed by atoms with Gasteiger partial charge in [-0.2, -0.15) is 5.10 Å². The number of nitrogens with zero attached hydrogens (tertiary/aromatic N) is 3. The van der Waals surface area contributed by atoms with E-state index in [9.17, 15) is 4.79 Å². The maximum atomic E-state index is 12.3. The lowest BCUT2D eigenvalue weighted by Crippen LogP contribution is -2.21. The molecule has 1 aliphatic rings. The van der Waals surface area contributed by atoms with Gasteiger partial charge < -0.3 is 5.73 Å². The summed E-state index contributed by atoms with van der Waals surface area (Å²) in [4.78, 5) is 17.0. The van der Waals surface area contributed by atoms with E-state index in [0.29, 0.717) is 29.2 Å². The van der Waals surface area contributed by atoms with E-state index >= 15 is 0 Å². The number of rotatable bonds is 1. The molecule has 5 heteroatoms. The van der Waals surface area contributed by atoms with Crippen LogP contribution in [0, 0.1) is 5.92 Å². The van der Waals surface area contributed by atoms with E-state index in [4.69, 9.17) is 10.7 Å². The number of carbonyl (C=O) groups excluding carboxylic acids is 1. The van der Waals surface area contributed by atoms with Crippen molar-refractivity contribution in [1.82, 2.24) is 14.8 Å². The third kappa shape index (κ3) is 1.82. The molecule has 2 heterocycles. The Morgan fingerprint density at radius 3 is 2.77 bits per heavy atom. The highest BCUT2D eigenvalue weighted by molar-refractivity contribution is 6.08. The highest BCUT2D eigenvalue weighted by atomic mass is 16.1. The predicted molar refractivity (Wildman–Crippen MR) is 85.1 cm³/mol. The summed E-state index contributed by atoms with van der Waals surface area (Å²) >= 11 is 0. The molecule has 0 bridgehead atoms. The second kappa shape index (κ2) is 4.66. The first-order valence-corrected chi connectivity index (χ1v) is 7.40. The molecule has 0 saturated heterocycles. The van der Waals surface area contributed by atoms with E-state index in [0.717, 1.165) is 23.2 Å². The first kappa shape index (κ1) is 13.0. The quantitative estimate of drug-likeness (QED) is 0.748. The van der Waals surface area contributed by atoms with Crippen LogP contribution in [-0.2, 0) is 6.42 Å². The fraction of sp³-hybridized carbons (Fsp3) is 0.235. The molecule has 1 aromatic carbocycles. The molecule has 2 N–H and O–H groups in total. The Morgan fingerprint density at radius 1 is 1.23 bits per heavy atom. The minimum absolute atomic E-state index is 0.0908. The summed E-state index contributed by atoms with van der Waals surface area (Å²) in [6, 6.07) is 9.81. The zero-order chi connectivity index (χ0) is 15.3. The number of Topliss-reactive ketones (excluding diaryl/α,β-unsaturated/α-hetero) is 1. The van der Waals surface area contributed by atoms with E-state index in [1.54, 1.807) is 10.9 Å². The smallest absolute Gasteiger partial charge is 0.167 e. The van der Waals surface area contributed by atoms with Gasteiger partial charge in [-0.15, -0.1) is 0 Å². The van der Waals surface area contributed by atoms with Gasteiger partial charge in [-0.1, -0.05) is 25.1 Å². The van der Waals surface area contributed by atoms with Gasteiger partial charge in [0.1, 0.15) is 0 Å². The van der Waals surface area contributed by atoms with Gasteiger partial charge in [0.05, 0.1) is 34.2 Å². The average molecular weight is 292 g/mol. The normalized spacial score (nSPS) is 17.7. The number of aromatic nitrogens is 3. The summed E-state index contributed by atoms with van der Waals surface area (Å²) < 4.78 is 1.77. The molecule has 0 radical (unpaired) electrons. The van der Waals surface area contributed by atoms with Crippen LogP contribution in [0.25, 0.3) is 16.7 Å². The topological polar surface area (TPSA) is 73.8 Å². The van der Waals surface area contributed by atoms with Gasteiger partial charge in [-0.05, 0) is 24.5 Å². The molecule has 1 atom stereocenters. The molecule has 2 aromatic heterocycles. The molecule has 0 amide bonds. The highest BCUT2D eigenvalue weighted by Gasteiger charge is 2.28. The molecule has 1 unspecified atom stereocenters. The summed E-state index contributed by atoms with van der Waals surface area (Å²) in [5.41, 5.74) is 9.80. The average Bonchev–Trinajstić information content (AvgIpc) is 2.91. The van der Waals surface area contributed by atoms with Crippen molar-refractivity contribution < 1.29 is 4.79 Å². The third-order valence-corrected chi connectivity index (χ3v) is 4.19. The zero-order valence-electron chi connectivity index (χ0n) is 12.3. The molecule has 0 spiro atoms. The Kier molecular flexibility index (Phi) is 2.76. The lowest BCUT2D eigenvalue weighted by Gasteiger charge is -2.21. The summed E-state index contributed by atoms with van der Waals surface area (Å²) in [6.07, 6.45) is 3.01. The minimum atomic E-state index is 0.0908. The fourth-order valence-corrected chi connectivity index (χ4v) is 3.15. The fourth-order valence-electron chi connectivity index (χ4n) is 3.15. The number of anilines is 1. The summed E-state index contributed by atoms with van der Waals surface area (Å²) in [5.74, 6) is 0.394. The monoisotopic (exact) mass is 292 g/mol. The number of hydrogen-bond acceptors (Lipinski definition) is 4. The number of benzene rings is 1. The van der Waals surface area contributed by atoms with Crippen LogP contribution in [-0.4, -0.2) is 20.5 Å². The van der Waals surface area contributed by atoms with Gasteiger partial charge in [-0.25, -0.2) is 9.67 Å². The second-order valence-electron chi connectivity index (χ2n) is 5.91. The molecule has 110 valence electrons. The van der Waals surface area contributed by atoms with Crippen molar-refractivity contribution in [2.45, 2.75) is 19.8 Å². The molecule has 0 aliphatic heterocycles. The Hall–Kier alpha value is -2.69. The van der Waals surface area contributed by atoms with Crippen molar-refractivity contribution in [3.8, 4) is 5.69 Å². The molecule has 1 aliphatic carbocycles. The van der Waals surface area contributed by atoms with Crippen LogP contribution in [0.15, 0.2) is 36.5 Å². The van der Waals surface area contributed by atoms with Crippen LogP contribution < -0.4 is 5.73 Å². The lowest BCUT2D eigenvalue weighted by atomic mass is 9.86. The van der Waals surface area contributed by atoms with Gasteiger partial charge in [0.2, 0.25) is 0 Å². The molecular weight excluding hydrogens is 276 g/mol. The molecular formula is C17H16N4O. The molecule has 22 heavy (non-hydrogen) atoms. The van der Waals surface area contributed by atoms with Crippen molar-refractivity contribution in [2.75, 3.05) is 5.73 Å². The van der Waals surface area contributed by atoms with Crippen LogP contribution in [0.1, 0.15) is 29.4 Å². The van der Waals surface area contributed by atoms with E-state index in [1.165, 1.54) is 0 Å². The predicted octanol–water partition coefficient (Wildman–Crippen LogP) is 2.77. The van der Waals surface area contributed by atoms with Gasteiger partial charge >= 0.3 is 0 Å². The van der Waals surface area contributed by atoms with Crippen molar-refractivity contribution in [3.05, 3.63) is 47.8 Å². The number of fused-ring (bicyclic) bond motifs is 2. The minimum Gasteiger partial charge on any atom is -0.397 e. The van der Waals surface area contributed by atoms with Crippen molar-refractivity contribution in [1.29, 1.82) is 0 Å². The van der Waals surface area contributed by atoms with E-state index in [2.05, 4.69) is 12.0 Å². The van der Waals surface area contributed by atoms with E-state index in [1.807, 2.05) is 30.3 Å². The second-order valence-corrected chi connectivity index (χ2v) is 5.91. The maximum absolute atomic E-state index is 12.3. The number of pyridine rings is 1. The molecule has 0 fully saturated rings. The van der Waals surface area contributed by atoms with Crippen molar-refractivity contribution in [2.24, 2.45) is 5.92 Å². The largest absolute Gasteiger partial charge is 0.397 e. The van der Waals surface area contributed by atoms with Crippen LogP contribution in [0.5, 0.6) is 0 Å². The standard InChI is InChI=1S/C17H16N4O/c1-10-7-13-15(14(22)8-10)16(18)12-9-19-21(17(12)20-13)11-5-3-2-4-6-11/h2-6,9-10H,7-8H2,1H3,(H2,18,20). The van der Waals surface area contributed by atoms with Gasteiger partial charge in [-0.3, -0.25) is 4.79 Å². The molecule has 0 saturated carbocycles. The van der Waals surface area contributed by atoms with Crippen molar-refractivity contribution >= 4 is 22.5 Å². The zero-order valence-corrected chi connectivity index (χ0v) is 12.3. The number of nitrogen functional groups attached to an aromatic ring is 1. The Labute approximate surface area is 127 Å². The molecule has 4 rings (SSSR count). The number of para-hydroxylation sites is 1.